The smallest absolute Gasteiger partial charge is 0.310 e. The van der Waals surface area contributed by atoms with Crippen molar-refractivity contribution in [2.24, 2.45) is 5.73 Å². The summed E-state index contributed by atoms with van der Waals surface area (Å²) < 4.78 is 0. The monoisotopic (exact) mass is 238 g/mol. The lowest BCUT2D eigenvalue weighted by molar-refractivity contribution is -0.384. The third-order valence-electron chi connectivity index (χ3n) is 2.66. The number of anilines is 1. The van der Waals surface area contributed by atoms with Gasteiger partial charge in [0.25, 0.3) is 0 Å². The van der Waals surface area contributed by atoms with Crippen molar-refractivity contribution < 1.29 is 9.72 Å². The third-order valence-corrected chi connectivity index (χ3v) is 2.66. The molecule has 0 spiro atoms. The maximum absolute atomic E-state index is 11.3. The summed E-state index contributed by atoms with van der Waals surface area (Å²) in [5, 5.41) is 13.6. The van der Waals surface area contributed by atoms with Crippen LogP contribution >= 0.6 is 0 Å². The number of primary amides is 1. The van der Waals surface area contributed by atoms with Gasteiger partial charge in [0.2, 0.25) is 5.91 Å². The minimum atomic E-state index is -1.02. The minimum Gasteiger partial charge on any atom is -0.368 e. The van der Waals surface area contributed by atoms with Gasteiger partial charge in [-0.2, -0.15) is 0 Å². The molecule has 1 amide bonds. The summed E-state index contributed by atoms with van der Waals surface area (Å²) >= 11 is 0. The van der Waals surface area contributed by atoms with Gasteiger partial charge >= 0.3 is 5.69 Å². The summed E-state index contributed by atoms with van der Waals surface area (Å²) in [6.07, 6.45) is 2.95. The van der Waals surface area contributed by atoms with Crippen molar-refractivity contribution in [1.29, 1.82) is 0 Å². The predicted molar refractivity (Wildman–Crippen MR) is 62.4 cm³/mol. The minimum absolute atomic E-state index is 0.187. The fourth-order valence-corrected chi connectivity index (χ4v) is 1.26. The van der Waals surface area contributed by atoms with Crippen LogP contribution < -0.4 is 11.1 Å². The van der Waals surface area contributed by atoms with E-state index in [-0.39, 0.29) is 11.4 Å². The number of nitro groups is 1. The van der Waals surface area contributed by atoms with E-state index in [1.807, 2.05) is 0 Å². The zero-order valence-corrected chi connectivity index (χ0v) is 9.64. The fourth-order valence-electron chi connectivity index (χ4n) is 1.26. The standard InChI is InChI=1S/C10H14N4O3/c1-3-10(2,9(11)15)13-7-4-5-12-6-8(7)14(16)17/h4-6H,3H2,1-2H3,(H2,11,15)(H,12,13). The molecule has 0 saturated heterocycles. The Labute approximate surface area is 98.2 Å². The maximum Gasteiger partial charge on any atom is 0.310 e. The Bertz CT molecular complexity index is 449. The van der Waals surface area contributed by atoms with E-state index in [0.29, 0.717) is 6.42 Å². The van der Waals surface area contributed by atoms with Crippen LogP contribution in [0.3, 0.4) is 0 Å². The van der Waals surface area contributed by atoms with E-state index in [9.17, 15) is 14.9 Å². The Kier molecular flexibility index (Phi) is 3.62. The lowest BCUT2D eigenvalue weighted by atomic mass is 9.97. The summed E-state index contributed by atoms with van der Waals surface area (Å²) in [6.45, 7) is 3.37. The third kappa shape index (κ3) is 2.68. The number of carbonyl (C=O) groups excluding carboxylic acids is 1. The Morgan fingerprint density at radius 3 is 2.82 bits per heavy atom. The molecule has 3 N–H and O–H groups in total. The molecule has 17 heavy (non-hydrogen) atoms. The maximum atomic E-state index is 11.3. The molecule has 0 aliphatic heterocycles. The number of nitrogens with zero attached hydrogens (tertiary/aromatic N) is 2. The number of nitrogens with one attached hydrogen (secondary N) is 1. The molecule has 1 aromatic heterocycles. The van der Waals surface area contributed by atoms with Gasteiger partial charge in [-0.3, -0.25) is 19.9 Å². The van der Waals surface area contributed by atoms with Crippen LogP contribution in [0, 0.1) is 10.1 Å². The molecule has 1 unspecified atom stereocenters. The molecule has 0 bridgehead atoms. The fraction of sp³-hybridized carbons (Fsp3) is 0.400. The SMILES string of the molecule is CCC(C)(Nc1ccncc1[N+](=O)[O-])C(N)=O. The Hall–Kier alpha value is -2.18. The van der Waals surface area contributed by atoms with E-state index in [1.165, 1.54) is 12.3 Å². The van der Waals surface area contributed by atoms with E-state index in [1.54, 1.807) is 13.8 Å². The van der Waals surface area contributed by atoms with E-state index >= 15 is 0 Å². The molecule has 7 heteroatoms. The predicted octanol–water partition coefficient (Wildman–Crippen LogP) is 1.06. The van der Waals surface area contributed by atoms with Crippen molar-refractivity contribution >= 4 is 17.3 Å². The number of pyridine rings is 1. The van der Waals surface area contributed by atoms with E-state index in [4.69, 9.17) is 5.73 Å². The van der Waals surface area contributed by atoms with Crippen LogP contribution in [0.2, 0.25) is 0 Å². The van der Waals surface area contributed by atoms with Crippen LogP contribution in [0.15, 0.2) is 18.5 Å². The second-order valence-corrected chi connectivity index (χ2v) is 3.82. The van der Waals surface area contributed by atoms with Crippen LogP contribution in [-0.2, 0) is 4.79 Å². The van der Waals surface area contributed by atoms with Crippen molar-refractivity contribution in [2.45, 2.75) is 25.8 Å². The number of carbonyl (C=O) groups is 1. The first-order valence-corrected chi connectivity index (χ1v) is 5.07. The van der Waals surface area contributed by atoms with Crippen LogP contribution in [0.5, 0.6) is 0 Å². The molecule has 1 atom stereocenters. The summed E-state index contributed by atoms with van der Waals surface area (Å²) in [5.41, 5.74) is 4.29. The first-order valence-electron chi connectivity index (χ1n) is 5.07. The second kappa shape index (κ2) is 4.77. The highest BCUT2D eigenvalue weighted by Gasteiger charge is 2.31. The Morgan fingerprint density at radius 1 is 1.71 bits per heavy atom. The molecule has 0 fully saturated rings. The molecule has 1 heterocycles. The topological polar surface area (TPSA) is 111 Å². The molecular weight excluding hydrogens is 224 g/mol. The summed E-state index contributed by atoms with van der Waals surface area (Å²) in [4.78, 5) is 25.2. The van der Waals surface area contributed by atoms with Gasteiger partial charge in [0.1, 0.15) is 17.4 Å². The zero-order valence-electron chi connectivity index (χ0n) is 9.64. The average Bonchev–Trinajstić information content (AvgIpc) is 2.29. The van der Waals surface area contributed by atoms with Crippen LogP contribution in [0.4, 0.5) is 11.4 Å². The number of hydrogen-bond donors (Lipinski definition) is 2. The highest BCUT2D eigenvalue weighted by Crippen LogP contribution is 2.26. The van der Waals surface area contributed by atoms with Gasteiger partial charge in [0.15, 0.2) is 0 Å². The van der Waals surface area contributed by atoms with Gasteiger partial charge in [0, 0.05) is 6.20 Å². The highest BCUT2D eigenvalue weighted by molar-refractivity contribution is 5.88. The van der Waals surface area contributed by atoms with Gasteiger partial charge in [-0.1, -0.05) is 6.92 Å². The van der Waals surface area contributed by atoms with E-state index < -0.39 is 16.4 Å². The molecule has 1 aromatic rings. The van der Waals surface area contributed by atoms with Gasteiger partial charge in [-0.25, -0.2) is 0 Å². The Balaban J connectivity index is 3.10. The lowest BCUT2D eigenvalue weighted by Crippen LogP contribution is -2.47. The summed E-state index contributed by atoms with van der Waals surface area (Å²) in [7, 11) is 0. The number of nitrogens with two attached hydrogens (primary N) is 1. The van der Waals surface area contributed by atoms with E-state index in [0.717, 1.165) is 6.20 Å². The number of hydrogen-bond acceptors (Lipinski definition) is 5. The Morgan fingerprint density at radius 2 is 2.35 bits per heavy atom. The summed E-state index contributed by atoms with van der Waals surface area (Å²) in [6, 6.07) is 1.44. The molecule has 0 aliphatic carbocycles. The van der Waals surface area contributed by atoms with Crippen molar-refractivity contribution in [1.82, 2.24) is 4.98 Å². The van der Waals surface area contributed by atoms with Crippen molar-refractivity contribution in [3.63, 3.8) is 0 Å². The molecule has 92 valence electrons. The number of rotatable bonds is 5. The molecule has 7 nitrogen and oxygen atoms in total. The normalized spacial score (nSPS) is 13.8. The van der Waals surface area contributed by atoms with Crippen LogP contribution in [-0.4, -0.2) is 21.4 Å². The average molecular weight is 238 g/mol. The van der Waals surface area contributed by atoms with Crippen molar-refractivity contribution in [3.8, 4) is 0 Å². The quantitative estimate of drug-likeness (QED) is 0.588. The van der Waals surface area contributed by atoms with Gasteiger partial charge in [-0.05, 0) is 19.4 Å². The van der Waals surface area contributed by atoms with Gasteiger partial charge in [-0.15, -0.1) is 0 Å². The molecule has 0 aromatic carbocycles. The van der Waals surface area contributed by atoms with E-state index in [2.05, 4.69) is 10.3 Å². The second-order valence-electron chi connectivity index (χ2n) is 3.82. The highest BCUT2D eigenvalue weighted by atomic mass is 16.6. The van der Waals surface area contributed by atoms with Gasteiger partial charge < -0.3 is 11.1 Å². The molecule has 1 rings (SSSR count). The molecular formula is C10H14N4O3. The van der Waals surface area contributed by atoms with Crippen LogP contribution in [0.1, 0.15) is 20.3 Å². The largest absolute Gasteiger partial charge is 0.368 e. The zero-order chi connectivity index (χ0) is 13.1. The molecule has 0 radical (unpaired) electrons. The van der Waals surface area contributed by atoms with Crippen LogP contribution in [0.25, 0.3) is 0 Å². The first kappa shape index (κ1) is 12.9. The molecule has 0 aliphatic rings. The number of amides is 1. The summed E-state index contributed by atoms with van der Waals surface area (Å²) in [5.74, 6) is -0.564. The van der Waals surface area contributed by atoms with Gasteiger partial charge in [0.05, 0.1) is 4.92 Å². The molecule has 0 saturated carbocycles. The first-order chi connectivity index (χ1) is 7.90. The van der Waals surface area contributed by atoms with Crippen molar-refractivity contribution in [2.75, 3.05) is 5.32 Å². The lowest BCUT2D eigenvalue weighted by Gasteiger charge is -2.26. The number of aromatic nitrogens is 1. The van der Waals surface area contributed by atoms with Crippen molar-refractivity contribution in [3.05, 3.63) is 28.6 Å².